The Morgan fingerprint density at radius 1 is 0.969 bits per heavy atom. The molecule has 2 heterocycles. The standard InChI is InChI=1S/C25H21N5O2/c26-20-3-1-2-4-21(20)28-24(31)17-7-5-16(6-8-17)15-30-23-10-9-18(19-11-12-27-14-19)13-22(23)29-25(30)32/h1-14,27H,15,26H2,(H,28,31)(H,29,32). The third kappa shape index (κ3) is 3.67. The molecule has 3 aromatic carbocycles. The summed E-state index contributed by atoms with van der Waals surface area (Å²) in [5.41, 5.74) is 11.9. The zero-order chi connectivity index (χ0) is 22.1. The molecule has 5 rings (SSSR count). The molecule has 0 spiro atoms. The number of carbonyl (C=O) groups excluding carboxylic acids is 1. The first-order chi connectivity index (χ1) is 15.6. The largest absolute Gasteiger partial charge is 0.397 e. The lowest BCUT2D eigenvalue weighted by molar-refractivity contribution is 0.102. The predicted octanol–water partition coefficient (Wildman–Crippen LogP) is 4.21. The molecule has 1 amide bonds. The lowest BCUT2D eigenvalue weighted by Crippen LogP contribution is -2.17. The molecule has 5 aromatic rings. The van der Waals surface area contributed by atoms with Crippen molar-refractivity contribution in [3.8, 4) is 11.1 Å². The molecule has 0 saturated heterocycles. The Balaban J connectivity index is 1.36. The number of fused-ring (bicyclic) bond motifs is 1. The van der Waals surface area contributed by atoms with Gasteiger partial charge in [-0.25, -0.2) is 4.79 Å². The summed E-state index contributed by atoms with van der Waals surface area (Å²) in [6, 6.07) is 22.2. The first-order valence-electron chi connectivity index (χ1n) is 10.2. The van der Waals surface area contributed by atoms with E-state index in [1.165, 1.54) is 0 Å². The minimum Gasteiger partial charge on any atom is -0.397 e. The number of amides is 1. The van der Waals surface area contributed by atoms with Crippen LogP contribution in [0.25, 0.3) is 22.2 Å². The molecule has 32 heavy (non-hydrogen) atoms. The van der Waals surface area contributed by atoms with E-state index in [0.29, 0.717) is 23.5 Å². The molecule has 0 unspecified atom stereocenters. The van der Waals surface area contributed by atoms with Crippen LogP contribution in [0.3, 0.4) is 0 Å². The van der Waals surface area contributed by atoms with Crippen LogP contribution >= 0.6 is 0 Å². The van der Waals surface area contributed by atoms with Crippen molar-refractivity contribution in [1.82, 2.24) is 14.5 Å². The van der Waals surface area contributed by atoms with E-state index in [0.717, 1.165) is 27.7 Å². The number of nitrogens with two attached hydrogens (primary N) is 1. The van der Waals surface area contributed by atoms with E-state index in [-0.39, 0.29) is 11.6 Å². The van der Waals surface area contributed by atoms with Crippen LogP contribution in [-0.4, -0.2) is 20.4 Å². The number of carbonyl (C=O) groups is 1. The van der Waals surface area contributed by atoms with Gasteiger partial charge >= 0.3 is 5.69 Å². The highest BCUT2D eigenvalue weighted by atomic mass is 16.2. The number of hydrogen-bond acceptors (Lipinski definition) is 3. The van der Waals surface area contributed by atoms with Gasteiger partial charge in [0.05, 0.1) is 29.0 Å². The number of aromatic amines is 2. The number of nitrogens with one attached hydrogen (secondary N) is 3. The van der Waals surface area contributed by atoms with Crippen molar-refractivity contribution >= 4 is 28.3 Å². The number of benzene rings is 3. The molecule has 0 fully saturated rings. The zero-order valence-corrected chi connectivity index (χ0v) is 17.1. The molecular weight excluding hydrogens is 402 g/mol. The van der Waals surface area contributed by atoms with E-state index in [1.54, 1.807) is 28.8 Å². The Hall–Kier alpha value is -4.52. The Kier molecular flexibility index (Phi) is 4.84. The minimum absolute atomic E-state index is 0.174. The van der Waals surface area contributed by atoms with Gasteiger partial charge in [0.25, 0.3) is 5.91 Å². The molecular formula is C25H21N5O2. The summed E-state index contributed by atoms with van der Waals surface area (Å²) in [5, 5.41) is 2.82. The fourth-order valence-corrected chi connectivity index (χ4v) is 3.75. The van der Waals surface area contributed by atoms with Crippen molar-refractivity contribution < 1.29 is 4.79 Å². The number of imidazole rings is 1. The lowest BCUT2D eigenvalue weighted by Gasteiger charge is -2.09. The van der Waals surface area contributed by atoms with Crippen molar-refractivity contribution in [3.05, 3.63) is 107 Å². The number of para-hydroxylation sites is 2. The van der Waals surface area contributed by atoms with Gasteiger partial charge < -0.3 is 21.0 Å². The van der Waals surface area contributed by atoms with Gasteiger partial charge in [-0.15, -0.1) is 0 Å². The average Bonchev–Trinajstić information content (AvgIpc) is 3.44. The Morgan fingerprint density at radius 3 is 2.53 bits per heavy atom. The predicted molar refractivity (Wildman–Crippen MR) is 127 cm³/mol. The van der Waals surface area contributed by atoms with Gasteiger partial charge in [-0.2, -0.15) is 0 Å². The van der Waals surface area contributed by atoms with E-state index < -0.39 is 0 Å². The summed E-state index contributed by atoms with van der Waals surface area (Å²) in [5.74, 6) is -0.240. The highest BCUT2D eigenvalue weighted by molar-refractivity contribution is 6.05. The maximum absolute atomic E-state index is 12.6. The molecule has 5 N–H and O–H groups in total. The van der Waals surface area contributed by atoms with Gasteiger partial charge in [0, 0.05) is 18.0 Å². The van der Waals surface area contributed by atoms with Crippen LogP contribution in [-0.2, 0) is 6.54 Å². The minimum atomic E-state index is -0.240. The summed E-state index contributed by atoms with van der Waals surface area (Å²) in [6.07, 6.45) is 3.78. The summed E-state index contributed by atoms with van der Waals surface area (Å²) in [6.45, 7) is 0.399. The van der Waals surface area contributed by atoms with Crippen LogP contribution in [0.4, 0.5) is 11.4 Å². The summed E-state index contributed by atoms with van der Waals surface area (Å²) in [4.78, 5) is 31.1. The molecule has 0 aliphatic rings. The van der Waals surface area contributed by atoms with E-state index in [2.05, 4.69) is 15.3 Å². The fourth-order valence-electron chi connectivity index (χ4n) is 3.75. The van der Waals surface area contributed by atoms with E-state index >= 15 is 0 Å². The van der Waals surface area contributed by atoms with Crippen LogP contribution in [0.2, 0.25) is 0 Å². The van der Waals surface area contributed by atoms with Crippen LogP contribution in [0.15, 0.2) is 90.0 Å². The highest BCUT2D eigenvalue weighted by Gasteiger charge is 2.11. The molecule has 7 nitrogen and oxygen atoms in total. The third-order valence-corrected chi connectivity index (χ3v) is 5.47. The van der Waals surface area contributed by atoms with Crippen LogP contribution in [0.5, 0.6) is 0 Å². The average molecular weight is 423 g/mol. The topological polar surface area (TPSA) is 109 Å². The van der Waals surface area contributed by atoms with Crippen LogP contribution in [0, 0.1) is 0 Å². The number of hydrogen-bond donors (Lipinski definition) is 4. The van der Waals surface area contributed by atoms with Crippen molar-refractivity contribution in [2.45, 2.75) is 6.54 Å². The molecule has 0 aliphatic carbocycles. The Bertz CT molecular complexity index is 1460. The quantitative estimate of drug-likeness (QED) is 0.318. The number of nitrogens with zero attached hydrogens (tertiary/aromatic N) is 1. The smallest absolute Gasteiger partial charge is 0.326 e. The van der Waals surface area contributed by atoms with Crippen molar-refractivity contribution in [1.29, 1.82) is 0 Å². The first kappa shape index (κ1) is 19.4. The summed E-state index contributed by atoms with van der Waals surface area (Å²) in [7, 11) is 0. The van der Waals surface area contributed by atoms with E-state index in [1.807, 2.05) is 60.9 Å². The van der Waals surface area contributed by atoms with Crippen LogP contribution < -0.4 is 16.7 Å². The second-order valence-electron chi connectivity index (χ2n) is 7.59. The second kappa shape index (κ2) is 7.96. The zero-order valence-electron chi connectivity index (χ0n) is 17.1. The SMILES string of the molecule is Nc1ccccc1NC(=O)c1ccc(Cn2c(=O)[nH]c3cc(-c4cc[nH]c4)ccc32)cc1. The number of aromatic nitrogens is 3. The maximum Gasteiger partial charge on any atom is 0.326 e. The molecule has 0 radical (unpaired) electrons. The van der Waals surface area contributed by atoms with Gasteiger partial charge in [-0.1, -0.05) is 30.3 Å². The molecule has 158 valence electrons. The molecule has 2 aromatic heterocycles. The normalized spacial score (nSPS) is 11.0. The number of rotatable bonds is 5. The monoisotopic (exact) mass is 423 g/mol. The van der Waals surface area contributed by atoms with Gasteiger partial charge in [0.15, 0.2) is 0 Å². The summed E-state index contributed by atoms with van der Waals surface area (Å²) >= 11 is 0. The molecule has 7 heteroatoms. The number of H-pyrrole nitrogens is 2. The third-order valence-electron chi connectivity index (χ3n) is 5.47. The van der Waals surface area contributed by atoms with Crippen molar-refractivity contribution in [3.63, 3.8) is 0 Å². The molecule has 0 saturated carbocycles. The summed E-state index contributed by atoms with van der Waals surface area (Å²) < 4.78 is 1.69. The maximum atomic E-state index is 12.6. The van der Waals surface area contributed by atoms with Crippen LogP contribution in [0.1, 0.15) is 15.9 Å². The molecule has 0 aliphatic heterocycles. The van der Waals surface area contributed by atoms with Gasteiger partial charge in [-0.3, -0.25) is 9.36 Å². The number of anilines is 2. The van der Waals surface area contributed by atoms with E-state index in [9.17, 15) is 9.59 Å². The molecule has 0 atom stereocenters. The Labute approximate surface area is 183 Å². The Morgan fingerprint density at radius 2 is 1.78 bits per heavy atom. The first-order valence-corrected chi connectivity index (χ1v) is 10.2. The van der Waals surface area contributed by atoms with Gasteiger partial charge in [0.2, 0.25) is 0 Å². The second-order valence-corrected chi connectivity index (χ2v) is 7.59. The van der Waals surface area contributed by atoms with Crippen molar-refractivity contribution in [2.75, 3.05) is 11.1 Å². The van der Waals surface area contributed by atoms with Gasteiger partial charge in [0.1, 0.15) is 0 Å². The highest BCUT2D eigenvalue weighted by Crippen LogP contribution is 2.23. The van der Waals surface area contributed by atoms with E-state index in [4.69, 9.17) is 5.73 Å². The number of nitrogen functional groups attached to an aromatic ring is 1. The van der Waals surface area contributed by atoms with Gasteiger partial charge in [-0.05, 0) is 59.2 Å². The lowest BCUT2D eigenvalue weighted by atomic mass is 10.1. The molecule has 0 bridgehead atoms. The van der Waals surface area contributed by atoms with Crippen molar-refractivity contribution in [2.24, 2.45) is 0 Å². The fraction of sp³-hybridized carbons (Fsp3) is 0.0400.